The molecule has 0 bridgehead atoms. The normalized spacial score (nSPS) is 11.5. The lowest BCUT2D eigenvalue weighted by Gasteiger charge is -2.20. The number of rotatable bonds is 4. The van der Waals surface area contributed by atoms with Gasteiger partial charge in [-0.1, -0.05) is 11.8 Å². The number of hydrogen-bond donors (Lipinski definition) is 0. The van der Waals surface area contributed by atoms with Crippen LogP contribution in [0.25, 0.3) is 0 Å². The van der Waals surface area contributed by atoms with Crippen LogP contribution in [0.3, 0.4) is 0 Å². The summed E-state index contributed by atoms with van der Waals surface area (Å²) in [6, 6.07) is 2.01. The Bertz CT molecular complexity index is 347. The summed E-state index contributed by atoms with van der Waals surface area (Å²) in [6.07, 6.45) is 0. The highest BCUT2D eigenvalue weighted by molar-refractivity contribution is 9.10. The molecule has 84 valence electrons. The van der Waals surface area contributed by atoms with Gasteiger partial charge in [-0.3, -0.25) is 4.79 Å². The molecule has 2 nitrogen and oxygen atoms in total. The summed E-state index contributed by atoms with van der Waals surface area (Å²) >= 11 is 6.54. The second-order valence-corrected chi connectivity index (χ2v) is 7.17. The second kappa shape index (κ2) is 5.37. The number of carbonyl (C=O) groups excluding carboxylic acids is 1. The lowest BCUT2D eigenvalue weighted by molar-refractivity contribution is -0.145. The van der Waals surface area contributed by atoms with E-state index >= 15 is 0 Å². The standard InChI is InChI=1S/C10H13BrO2S2/c1-4-13-9(12)10(2,3)15-8-5-7(11)6-14-8/h5-6H,4H2,1-3H3. The van der Waals surface area contributed by atoms with Crippen LogP contribution in [0.1, 0.15) is 20.8 Å². The molecule has 0 saturated heterocycles. The second-order valence-electron chi connectivity index (χ2n) is 3.42. The van der Waals surface area contributed by atoms with E-state index in [9.17, 15) is 4.79 Å². The molecule has 0 saturated carbocycles. The first-order valence-corrected chi connectivity index (χ1v) is 7.05. The van der Waals surface area contributed by atoms with E-state index < -0.39 is 4.75 Å². The lowest BCUT2D eigenvalue weighted by atomic mass is 10.2. The van der Waals surface area contributed by atoms with Gasteiger partial charge < -0.3 is 4.74 Å². The van der Waals surface area contributed by atoms with Gasteiger partial charge in [0.15, 0.2) is 0 Å². The Morgan fingerprint density at radius 1 is 1.67 bits per heavy atom. The monoisotopic (exact) mass is 308 g/mol. The Morgan fingerprint density at radius 3 is 2.80 bits per heavy atom. The smallest absolute Gasteiger partial charge is 0.322 e. The molecule has 0 N–H and O–H groups in total. The predicted octanol–water partition coefficient (Wildman–Crippen LogP) is 3.94. The fourth-order valence-electron chi connectivity index (χ4n) is 0.947. The number of esters is 1. The highest BCUT2D eigenvalue weighted by Crippen LogP contribution is 2.38. The first-order valence-electron chi connectivity index (χ1n) is 4.56. The zero-order chi connectivity index (χ0) is 11.5. The first-order chi connectivity index (χ1) is 6.95. The molecule has 1 aromatic rings. The number of ether oxygens (including phenoxy) is 1. The molecule has 0 spiro atoms. The molecule has 0 aromatic carbocycles. The molecule has 0 aliphatic rings. The minimum atomic E-state index is -0.527. The maximum absolute atomic E-state index is 11.6. The summed E-state index contributed by atoms with van der Waals surface area (Å²) < 4.78 is 6.65. The van der Waals surface area contributed by atoms with Gasteiger partial charge >= 0.3 is 5.97 Å². The minimum absolute atomic E-state index is 0.167. The van der Waals surface area contributed by atoms with Gasteiger partial charge in [-0.25, -0.2) is 0 Å². The molecule has 15 heavy (non-hydrogen) atoms. The quantitative estimate of drug-likeness (QED) is 0.622. The molecule has 0 radical (unpaired) electrons. The molecule has 1 heterocycles. The Morgan fingerprint density at radius 2 is 2.33 bits per heavy atom. The predicted molar refractivity (Wildman–Crippen MR) is 68.6 cm³/mol. The Balaban J connectivity index is 2.67. The zero-order valence-corrected chi connectivity index (χ0v) is 12.1. The van der Waals surface area contributed by atoms with Crippen molar-refractivity contribution in [3.05, 3.63) is 15.9 Å². The Kier molecular flexibility index (Phi) is 4.67. The maximum Gasteiger partial charge on any atom is 0.322 e. The number of carbonyl (C=O) groups is 1. The number of halogens is 1. The van der Waals surface area contributed by atoms with Crippen LogP contribution in [0, 0.1) is 0 Å². The SMILES string of the molecule is CCOC(=O)C(C)(C)Sc1cc(Br)cs1. The number of hydrogen-bond acceptors (Lipinski definition) is 4. The first kappa shape index (κ1) is 13.1. The zero-order valence-electron chi connectivity index (χ0n) is 8.87. The number of thiophene rings is 1. The van der Waals surface area contributed by atoms with Crippen LogP contribution >= 0.6 is 39.0 Å². The summed E-state index contributed by atoms with van der Waals surface area (Å²) in [6.45, 7) is 6.00. The summed E-state index contributed by atoms with van der Waals surface area (Å²) in [7, 11) is 0. The molecule has 1 aromatic heterocycles. The van der Waals surface area contributed by atoms with Crippen molar-refractivity contribution in [3.63, 3.8) is 0 Å². The van der Waals surface area contributed by atoms with Gasteiger partial charge in [0.05, 0.1) is 10.8 Å². The number of thioether (sulfide) groups is 1. The van der Waals surface area contributed by atoms with Gasteiger partial charge in [0, 0.05) is 9.85 Å². The third-order valence-electron chi connectivity index (χ3n) is 1.67. The molecule has 0 amide bonds. The van der Waals surface area contributed by atoms with Gasteiger partial charge in [-0.2, -0.15) is 0 Å². The van der Waals surface area contributed by atoms with Crippen LogP contribution < -0.4 is 0 Å². The fraction of sp³-hybridized carbons (Fsp3) is 0.500. The van der Waals surface area contributed by atoms with E-state index in [1.807, 2.05) is 32.2 Å². The molecule has 0 aliphatic carbocycles. The third kappa shape index (κ3) is 3.81. The van der Waals surface area contributed by atoms with E-state index in [-0.39, 0.29) is 5.97 Å². The van der Waals surface area contributed by atoms with E-state index in [1.54, 1.807) is 11.3 Å². The van der Waals surface area contributed by atoms with E-state index in [0.29, 0.717) is 6.61 Å². The van der Waals surface area contributed by atoms with Crippen molar-refractivity contribution in [3.8, 4) is 0 Å². The van der Waals surface area contributed by atoms with Gasteiger partial charge in [0.25, 0.3) is 0 Å². The molecule has 5 heteroatoms. The van der Waals surface area contributed by atoms with Gasteiger partial charge in [0.2, 0.25) is 0 Å². The largest absolute Gasteiger partial charge is 0.465 e. The van der Waals surface area contributed by atoms with Crippen LogP contribution in [0.5, 0.6) is 0 Å². The van der Waals surface area contributed by atoms with Crippen LogP contribution in [-0.4, -0.2) is 17.3 Å². The summed E-state index contributed by atoms with van der Waals surface area (Å²) in [4.78, 5) is 11.6. The summed E-state index contributed by atoms with van der Waals surface area (Å²) in [5.74, 6) is -0.167. The summed E-state index contributed by atoms with van der Waals surface area (Å²) in [5.41, 5.74) is 0. The summed E-state index contributed by atoms with van der Waals surface area (Å²) in [5, 5.41) is 2.00. The van der Waals surface area contributed by atoms with Crippen molar-refractivity contribution in [2.75, 3.05) is 6.61 Å². The molecular formula is C10H13BrO2S2. The molecule has 0 unspecified atom stereocenters. The molecular weight excluding hydrogens is 296 g/mol. The maximum atomic E-state index is 11.6. The molecule has 0 fully saturated rings. The highest BCUT2D eigenvalue weighted by atomic mass is 79.9. The minimum Gasteiger partial charge on any atom is -0.465 e. The average Bonchev–Trinajstić information content (AvgIpc) is 2.50. The molecule has 0 atom stereocenters. The van der Waals surface area contributed by atoms with Crippen LogP contribution in [0.15, 0.2) is 20.1 Å². The van der Waals surface area contributed by atoms with Gasteiger partial charge in [0.1, 0.15) is 4.75 Å². The Labute approximate surface area is 107 Å². The average molecular weight is 309 g/mol. The molecule has 0 aliphatic heterocycles. The van der Waals surface area contributed by atoms with Crippen LogP contribution in [0.4, 0.5) is 0 Å². The topological polar surface area (TPSA) is 26.3 Å². The van der Waals surface area contributed by atoms with Gasteiger partial charge in [-0.05, 0) is 42.8 Å². The van der Waals surface area contributed by atoms with Crippen molar-refractivity contribution in [2.45, 2.75) is 29.7 Å². The van der Waals surface area contributed by atoms with Crippen molar-refractivity contribution < 1.29 is 9.53 Å². The third-order valence-corrected chi connectivity index (χ3v) is 4.68. The van der Waals surface area contributed by atoms with E-state index in [0.717, 1.165) is 8.68 Å². The lowest BCUT2D eigenvalue weighted by Crippen LogP contribution is -2.29. The Hall–Kier alpha value is -0.0000000000000000833. The van der Waals surface area contributed by atoms with Gasteiger partial charge in [-0.15, -0.1) is 11.3 Å². The van der Waals surface area contributed by atoms with E-state index in [4.69, 9.17) is 4.74 Å². The highest BCUT2D eigenvalue weighted by Gasteiger charge is 2.30. The van der Waals surface area contributed by atoms with Crippen LogP contribution in [0.2, 0.25) is 0 Å². The van der Waals surface area contributed by atoms with Crippen molar-refractivity contribution >= 4 is 45.0 Å². The van der Waals surface area contributed by atoms with Crippen LogP contribution in [-0.2, 0) is 9.53 Å². The fourth-order valence-corrected chi connectivity index (χ4v) is 4.04. The molecule has 1 rings (SSSR count). The van der Waals surface area contributed by atoms with Crippen molar-refractivity contribution in [1.29, 1.82) is 0 Å². The van der Waals surface area contributed by atoms with E-state index in [1.165, 1.54) is 11.8 Å². The van der Waals surface area contributed by atoms with E-state index in [2.05, 4.69) is 15.9 Å². The van der Waals surface area contributed by atoms with Crippen molar-refractivity contribution in [2.24, 2.45) is 0 Å². The van der Waals surface area contributed by atoms with Crippen molar-refractivity contribution in [1.82, 2.24) is 0 Å².